The van der Waals surface area contributed by atoms with Crippen LogP contribution in [0.3, 0.4) is 0 Å². The zero-order chi connectivity index (χ0) is 15.4. The Morgan fingerprint density at radius 2 is 1.95 bits per heavy atom. The van der Waals surface area contributed by atoms with Crippen molar-refractivity contribution in [2.45, 2.75) is 46.3 Å². The molecule has 0 radical (unpaired) electrons. The molecule has 0 amide bonds. The van der Waals surface area contributed by atoms with E-state index < -0.39 is 0 Å². The van der Waals surface area contributed by atoms with Gasteiger partial charge in [0.05, 0.1) is 0 Å². The number of likely N-dealkylation sites (N-methyl/N-ethyl adjacent to an activating group) is 1. The smallest absolute Gasteiger partial charge is 0.0443 e. The first-order valence-electron chi connectivity index (χ1n) is 8.09. The standard InChI is InChI=1S/C17H30N4/c1-13(2)8-19-10-16-9-18-7-6-17(16)21-11-14(3)20(5)15(4)12-21/h6-7,9,13-15,19H,8,10-12H2,1-5H3. The van der Waals surface area contributed by atoms with Crippen molar-refractivity contribution in [3.8, 4) is 0 Å². The average molecular weight is 290 g/mol. The van der Waals surface area contributed by atoms with Gasteiger partial charge in [-0.05, 0) is 39.4 Å². The summed E-state index contributed by atoms with van der Waals surface area (Å²) in [5, 5.41) is 3.53. The van der Waals surface area contributed by atoms with Gasteiger partial charge >= 0.3 is 0 Å². The first kappa shape index (κ1) is 16.2. The van der Waals surface area contributed by atoms with E-state index in [-0.39, 0.29) is 0 Å². The summed E-state index contributed by atoms with van der Waals surface area (Å²) in [4.78, 5) is 9.30. The van der Waals surface area contributed by atoms with Crippen LogP contribution in [-0.4, -0.2) is 48.6 Å². The van der Waals surface area contributed by atoms with Crippen LogP contribution in [0.15, 0.2) is 18.5 Å². The molecule has 1 aromatic heterocycles. The highest BCUT2D eigenvalue weighted by Gasteiger charge is 2.27. The fourth-order valence-corrected chi connectivity index (χ4v) is 2.96. The number of anilines is 1. The quantitative estimate of drug-likeness (QED) is 0.902. The van der Waals surface area contributed by atoms with Crippen LogP contribution in [0.4, 0.5) is 5.69 Å². The van der Waals surface area contributed by atoms with Crippen LogP contribution in [-0.2, 0) is 6.54 Å². The van der Waals surface area contributed by atoms with Crippen molar-refractivity contribution in [3.05, 3.63) is 24.0 Å². The fraction of sp³-hybridized carbons (Fsp3) is 0.706. The number of rotatable bonds is 5. The maximum atomic E-state index is 4.31. The molecule has 2 heterocycles. The van der Waals surface area contributed by atoms with Gasteiger partial charge in [-0.3, -0.25) is 9.88 Å². The molecule has 0 spiro atoms. The lowest BCUT2D eigenvalue weighted by Gasteiger charge is -2.44. The Morgan fingerprint density at radius 3 is 2.57 bits per heavy atom. The minimum absolute atomic E-state index is 0.582. The van der Waals surface area contributed by atoms with Crippen molar-refractivity contribution in [1.29, 1.82) is 0 Å². The molecule has 0 aliphatic carbocycles. The Hall–Kier alpha value is -1.13. The molecule has 4 nitrogen and oxygen atoms in total. The number of pyridine rings is 1. The third-order valence-corrected chi connectivity index (χ3v) is 4.45. The van der Waals surface area contributed by atoms with Gasteiger partial charge in [-0.25, -0.2) is 0 Å². The molecule has 1 saturated heterocycles. The van der Waals surface area contributed by atoms with E-state index >= 15 is 0 Å². The van der Waals surface area contributed by atoms with E-state index in [0.29, 0.717) is 18.0 Å². The third-order valence-electron chi connectivity index (χ3n) is 4.45. The van der Waals surface area contributed by atoms with Crippen LogP contribution < -0.4 is 10.2 Å². The van der Waals surface area contributed by atoms with Crippen LogP contribution in [0.2, 0.25) is 0 Å². The summed E-state index contributed by atoms with van der Waals surface area (Å²) in [5.41, 5.74) is 2.65. The first-order chi connectivity index (χ1) is 9.99. The maximum Gasteiger partial charge on any atom is 0.0443 e. The highest BCUT2D eigenvalue weighted by atomic mass is 15.3. The topological polar surface area (TPSA) is 31.4 Å². The highest BCUT2D eigenvalue weighted by Crippen LogP contribution is 2.24. The van der Waals surface area contributed by atoms with E-state index in [2.05, 4.69) is 60.9 Å². The third kappa shape index (κ3) is 4.17. The largest absolute Gasteiger partial charge is 0.368 e. The van der Waals surface area contributed by atoms with Crippen LogP contribution in [0, 0.1) is 5.92 Å². The minimum Gasteiger partial charge on any atom is -0.368 e. The molecule has 1 N–H and O–H groups in total. The van der Waals surface area contributed by atoms with E-state index in [1.165, 1.54) is 11.3 Å². The van der Waals surface area contributed by atoms with Crippen molar-refractivity contribution >= 4 is 5.69 Å². The molecular weight excluding hydrogens is 260 g/mol. The molecule has 1 aromatic rings. The predicted molar refractivity (Wildman–Crippen MR) is 89.7 cm³/mol. The first-order valence-corrected chi connectivity index (χ1v) is 8.09. The molecule has 1 aliphatic rings. The SMILES string of the molecule is CC(C)CNCc1cnccc1N1CC(C)N(C)C(C)C1. The molecular formula is C17H30N4. The number of hydrogen-bond donors (Lipinski definition) is 1. The highest BCUT2D eigenvalue weighted by molar-refractivity contribution is 5.53. The Morgan fingerprint density at radius 1 is 1.29 bits per heavy atom. The number of aromatic nitrogens is 1. The molecule has 118 valence electrons. The second kappa shape index (κ2) is 7.23. The summed E-state index contributed by atoms with van der Waals surface area (Å²) < 4.78 is 0. The molecule has 1 fully saturated rings. The van der Waals surface area contributed by atoms with Gasteiger partial charge in [-0.15, -0.1) is 0 Å². The molecule has 2 atom stereocenters. The molecule has 1 aliphatic heterocycles. The monoisotopic (exact) mass is 290 g/mol. The number of nitrogens with zero attached hydrogens (tertiary/aromatic N) is 3. The Kier molecular flexibility index (Phi) is 5.59. The van der Waals surface area contributed by atoms with Crippen molar-refractivity contribution in [1.82, 2.24) is 15.2 Å². The molecule has 21 heavy (non-hydrogen) atoms. The second-order valence-corrected chi connectivity index (χ2v) is 6.80. The summed E-state index contributed by atoms with van der Waals surface area (Å²) in [6.07, 6.45) is 3.92. The predicted octanol–water partition coefficient (Wildman–Crippen LogP) is 2.36. The maximum absolute atomic E-state index is 4.31. The summed E-state index contributed by atoms with van der Waals surface area (Å²) in [6, 6.07) is 3.33. The summed E-state index contributed by atoms with van der Waals surface area (Å²) in [7, 11) is 2.23. The van der Waals surface area contributed by atoms with E-state index in [4.69, 9.17) is 0 Å². The Balaban J connectivity index is 2.08. The number of piperazine rings is 1. The van der Waals surface area contributed by atoms with Gasteiger partial charge in [-0.2, -0.15) is 0 Å². The van der Waals surface area contributed by atoms with Crippen LogP contribution in [0.25, 0.3) is 0 Å². The van der Waals surface area contributed by atoms with E-state index in [1.807, 2.05) is 12.4 Å². The lowest BCUT2D eigenvalue weighted by Crippen LogP contribution is -2.55. The average Bonchev–Trinajstić information content (AvgIpc) is 2.44. The summed E-state index contributed by atoms with van der Waals surface area (Å²) in [6.45, 7) is 13.2. The zero-order valence-electron chi connectivity index (χ0n) is 14.1. The summed E-state index contributed by atoms with van der Waals surface area (Å²) in [5.74, 6) is 0.675. The number of hydrogen-bond acceptors (Lipinski definition) is 4. The summed E-state index contributed by atoms with van der Waals surface area (Å²) >= 11 is 0. The van der Waals surface area contributed by atoms with Crippen LogP contribution in [0.1, 0.15) is 33.3 Å². The molecule has 4 heteroatoms. The molecule has 0 aromatic carbocycles. The lowest BCUT2D eigenvalue weighted by atomic mass is 10.1. The van der Waals surface area contributed by atoms with Gasteiger partial charge in [0.15, 0.2) is 0 Å². The van der Waals surface area contributed by atoms with Crippen molar-refractivity contribution < 1.29 is 0 Å². The normalized spacial score (nSPS) is 23.8. The Labute approximate surface area is 129 Å². The number of nitrogens with one attached hydrogen (secondary N) is 1. The van der Waals surface area contributed by atoms with Gasteiger partial charge in [0.2, 0.25) is 0 Å². The van der Waals surface area contributed by atoms with Crippen LogP contribution >= 0.6 is 0 Å². The van der Waals surface area contributed by atoms with Gasteiger partial charge < -0.3 is 10.2 Å². The lowest BCUT2D eigenvalue weighted by molar-refractivity contribution is 0.170. The molecule has 0 bridgehead atoms. The van der Waals surface area contributed by atoms with E-state index in [0.717, 1.165) is 26.2 Å². The van der Waals surface area contributed by atoms with Crippen molar-refractivity contribution in [2.24, 2.45) is 5.92 Å². The van der Waals surface area contributed by atoms with Gasteiger partial charge in [0, 0.05) is 55.4 Å². The zero-order valence-corrected chi connectivity index (χ0v) is 14.1. The molecule has 2 rings (SSSR count). The minimum atomic E-state index is 0.582. The Bertz CT molecular complexity index is 434. The van der Waals surface area contributed by atoms with Gasteiger partial charge in [0.1, 0.15) is 0 Å². The molecule has 0 saturated carbocycles. The van der Waals surface area contributed by atoms with Gasteiger partial charge in [0.25, 0.3) is 0 Å². The van der Waals surface area contributed by atoms with Crippen molar-refractivity contribution in [3.63, 3.8) is 0 Å². The second-order valence-electron chi connectivity index (χ2n) is 6.80. The fourth-order valence-electron chi connectivity index (χ4n) is 2.96. The molecule has 2 unspecified atom stereocenters. The van der Waals surface area contributed by atoms with Crippen molar-refractivity contribution in [2.75, 3.05) is 31.6 Å². The van der Waals surface area contributed by atoms with Gasteiger partial charge in [-0.1, -0.05) is 13.8 Å². The van der Waals surface area contributed by atoms with E-state index in [9.17, 15) is 0 Å². The van der Waals surface area contributed by atoms with E-state index in [1.54, 1.807) is 0 Å². The van der Waals surface area contributed by atoms with Crippen LogP contribution in [0.5, 0.6) is 0 Å².